The maximum Gasteiger partial charge on any atom is 0.449 e. The first kappa shape index (κ1) is 17.6. The topological polar surface area (TPSA) is 114 Å². The molecule has 0 aromatic rings. The Morgan fingerprint density at radius 3 is 2.45 bits per heavy atom. The highest BCUT2D eigenvalue weighted by molar-refractivity contribution is 6.03. The fourth-order valence-electron chi connectivity index (χ4n) is 1.85. The lowest BCUT2D eigenvalue weighted by Crippen LogP contribution is -2.56. The summed E-state index contributed by atoms with van der Waals surface area (Å²) in [5.74, 6) is -2.86. The van der Waals surface area contributed by atoms with Crippen LogP contribution in [0.25, 0.3) is 0 Å². The summed E-state index contributed by atoms with van der Waals surface area (Å²) in [6.07, 6.45) is -4.20. The zero-order valence-corrected chi connectivity index (χ0v) is 11.6. The second kappa shape index (κ2) is 6.54. The van der Waals surface area contributed by atoms with Gasteiger partial charge in [0.2, 0.25) is 11.7 Å². The van der Waals surface area contributed by atoms with Gasteiger partial charge in [-0.25, -0.2) is 0 Å². The molecule has 122 valence electrons. The van der Waals surface area contributed by atoms with Crippen molar-refractivity contribution >= 4 is 17.6 Å². The molecule has 0 unspecified atom stereocenters. The predicted molar refractivity (Wildman–Crippen MR) is 70.2 cm³/mol. The number of halogens is 3. The molecule has 11 heteroatoms. The third-order valence-corrected chi connectivity index (χ3v) is 3.05. The van der Waals surface area contributed by atoms with Crippen LogP contribution in [0.15, 0.2) is 11.8 Å². The van der Waals surface area contributed by atoms with Gasteiger partial charge in [0.1, 0.15) is 12.3 Å². The fourth-order valence-corrected chi connectivity index (χ4v) is 1.85. The lowest BCUT2D eigenvalue weighted by Gasteiger charge is -2.36. The summed E-state index contributed by atoms with van der Waals surface area (Å²) in [5.41, 5.74) is -0.318. The van der Waals surface area contributed by atoms with Crippen molar-refractivity contribution < 1.29 is 22.9 Å². The molecule has 0 radical (unpaired) electrons. The summed E-state index contributed by atoms with van der Waals surface area (Å²) in [7, 11) is 0. The molecule has 1 aliphatic heterocycles. The van der Waals surface area contributed by atoms with Crippen LogP contribution in [0, 0.1) is 20.9 Å². The largest absolute Gasteiger partial charge is 0.449 e. The number of piperazine rings is 1. The number of hydrogen-bond acceptors (Lipinski definition) is 5. The maximum absolute atomic E-state index is 12.4. The van der Waals surface area contributed by atoms with Gasteiger partial charge >= 0.3 is 6.18 Å². The molecule has 22 heavy (non-hydrogen) atoms. The zero-order chi connectivity index (χ0) is 17.1. The summed E-state index contributed by atoms with van der Waals surface area (Å²) in [5, 5.41) is 25.2. The lowest BCUT2D eigenvalue weighted by atomic mass is 10.2. The van der Waals surface area contributed by atoms with E-state index in [0.29, 0.717) is 4.90 Å². The second-order valence-corrected chi connectivity index (χ2v) is 4.47. The van der Waals surface area contributed by atoms with E-state index in [9.17, 15) is 28.1 Å². The van der Waals surface area contributed by atoms with Crippen molar-refractivity contribution in [3.05, 3.63) is 21.9 Å². The molecular formula is C11H14F3N5O3. The van der Waals surface area contributed by atoms with E-state index in [1.807, 2.05) is 0 Å². The molecule has 1 saturated heterocycles. The quantitative estimate of drug-likeness (QED) is 0.352. The average Bonchev–Trinajstić information content (AvgIpc) is 2.42. The van der Waals surface area contributed by atoms with Gasteiger partial charge in [0.25, 0.3) is 5.70 Å². The molecule has 0 saturated carbocycles. The average molecular weight is 321 g/mol. The van der Waals surface area contributed by atoms with E-state index in [4.69, 9.17) is 10.8 Å². The number of nitro groups is 1. The van der Waals surface area contributed by atoms with Gasteiger partial charge in [0.15, 0.2) is 0 Å². The van der Waals surface area contributed by atoms with Crippen LogP contribution in [0.3, 0.4) is 0 Å². The highest BCUT2D eigenvalue weighted by Gasteiger charge is 2.41. The monoisotopic (exact) mass is 321 g/mol. The number of amides is 1. The van der Waals surface area contributed by atoms with Crippen molar-refractivity contribution in [2.75, 3.05) is 19.6 Å². The summed E-state index contributed by atoms with van der Waals surface area (Å²) in [6.45, 7) is 0.475. The van der Waals surface area contributed by atoms with Crippen molar-refractivity contribution in [2.24, 2.45) is 0 Å². The summed E-state index contributed by atoms with van der Waals surface area (Å²) < 4.78 is 37.3. The van der Waals surface area contributed by atoms with Gasteiger partial charge in [0.05, 0.1) is 11.5 Å². The summed E-state index contributed by atoms with van der Waals surface area (Å²) in [4.78, 5) is 23.3. The molecule has 8 nitrogen and oxygen atoms in total. The third-order valence-electron chi connectivity index (χ3n) is 3.05. The normalized spacial score (nSPS) is 16.7. The second-order valence-electron chi connectivity index (χ2n) is 4.47. The highest BCUT2D eigenvalue weighted by Crippen LogP contribution is 2.20. The fraction of sp³-hybridized carbons (Fsp3) is 0.545. The smallest absolute Gasteiger partial charge is 0.333 e. The zero-order valence-electron chi connectivity index (χ0n) is 11.6. The van der Waals surface area contributed by atoms with Gasteiger partial charge < -0.3 is 9.80 Å². The van der Waals surface area contributed by atoms with Crippen molar-refractivity contribution in [3.63, 3.8) is 0 Å². The minimum absolute atomic E-state index is 0.144. The van der Waals surface area contributed by atoms with Gasteiger partial charge in [-0.2, -0.15) is 13.2 Å². The molecule has 0 spiro atoms. The molecular weight excluding hydrogens is 307 g/mol. The van der Waals surface area contributed by atoms with E-state index in [2.05, 4.69) is 0 Å². The van der Waals surface area contributed by atoms with Gasteiger partial charge in [0, 0.05) is 13.1 Å². The number of amidine groups is 2. The van der Waals surface area contributed by atoms with Crippen LogP contribution in [0.1, 0.15) is 13.3 Å². The molecule has 0 aromatic carbocycles. The Balaban J connectivity index is 2.71. The lowest BCUT2D eigenvalue weighted by molar-refractivity contribution is -0.427. The van der Waals surface area contributed by atoms with Crippen LogP contribution in [0.5, 0.6) is 0 Å². The number of carbonyl (C=O) groups is 1. The Kier molecular flexibility index (Phi) is 5.23. The maximum atomic E-state index is 12.4. The first-order chi connectivity index (χ1) is 10.1. The molecule has 0 aromatic heterocycles. The van der Waals surface area contributed by atoms with Crippen molar-refractivity contribution in [3.8, 4) is 0 Å². The van der Waals surface area contributed by atoms with Crippen LogP contribution in [0.2, 0.25) is 0 Å². The first-order valence-electron chi connectivity index (χ1n) is 6.16. The Labute approximate surface area is 123 Å². The van der Waals surface area contributed by atoms with E-state index in [1.165, 1.54) is 13.0 Å². The molecule has 1 heterocycles. The Morgan fingerprint density at radius 1 is 1.45 bits per heavy atom. The minimum Gasteiger partial charge on any atom is -0.333 e. The van der Waals surface area contributed by atoms with E-state index in [1.54, 1.807) is 0 Å². The Morgan fingerprint density at radius 2 is 2.05 bits per heavy atom. The number of nitrogens with one attached hydrogen (secondary N) is 2. The third kappa shape index (κ3) is 4.02. The van der Waals surface area contributed by atoms with Crippen molar-refractivity contribution in [2.45, 2.75) is 19.5 Å². The Bertz CT molecular complexity index is 544. The minimum atomic E-state index is -4.87. The molecule has 0 bridgehead atoms. The van der Waals surface area contributed by atoms with Crippen LogP contribution in [-0.2, 0) is 4.79 Å². The van der Waals surface area contributed by atoms with E-state index in [-0.39, 0.29) is 18.8 Å². The molecule has 1 aliphatic rings. The number of hydrogen-bond donors (Lipinski definition) is 2. The molecule has 1 fully saturated rings. The standard InChI is InChI=1S/C11H14F3N5O3/c1-2-7(19(21)22)5-9(20)17-3-4-18(8(15)6-17)10(16)11(12,13)14/h2,15-16H,3-6H2,1H3/b7-2-,15-8?,16-10?. The van der Waals surface area contributed by atoms with Crippen LogP contribution in [-0.4, -0.2) is 58.1 Å². The highest BCUT2D eigenvalue weighted by atomic mass is 19.4. The number of rotatable bonds is 3. The van der Waals surface area contributed by atoms with Crippen molar-refractivity contribution in [1.29, 1.82) is 10.8 Å². The molecule has 2 N–H and O–H groups in total. The van der Waals surface area contributed by atoms with E-state index >= 15 is 0 Å². The number of allylic oxidation sites excluding steroid dienone is 1. The molecule has 0 aliphatic carbocycles. The first-order valence-corrected chi connectivity index (χ1v) is 6.16. The predicted octanol–water partition coefficient (Wildman–Crippen LogP) is 1.22. The van der Waals surface area contributed by atoms with Gasteiger partial charge in [-0.15, -0.1) is 0 Å². The Hall–Kier alpha value is -2.46. The number of alkyl halides is 3. The molecule has 1 amide bonds. The number of nitrogens with zero attached hydrogens (tertiary/aromatic N) is 3. The van der Waals surface area contributed by atoms with Gasteiger partial charge in [-0.1, -0.05) is 0 Å². The van der Waals surface area contributed by atoms with Crippen LogP contribution < -0.4 is 0 Å². The molecule has 1 rings (SSSR count). The van der Waals surface area contributed by atoms with E-state index < -0.39 is 41.6 Å². The van der Waals surface area contributed by atoms with Crippen LogP contribution >= 0.6 is 0 Å². The molecule has 0 atom stereocenters. The SMILES string of the molecule is C/C=C(/CC(=O)N1CCN(C(=N)C(F)(F)F)C(=N)C1)[N+](=O)[O-]. The van der Waals surface area contributed by atoms with Gasteiger partial charge in [-0.05, 0) is 13.0 Å². The number of carbonyl (C=O) groups excluding carboxylic acids is 1. The summed E-state index contributed by atoms with van der Waals surface area (Å²) >= 11 is 0. The van der Waals surface area contributed by atoms with Crippen LogP contribution in [0.4, 0.5) is 13.2 Å². The van der Waals surface area contributed by atoms with E-state index in [0.717, 1.165) is 4.90 Å². The summed E-state index contributed by atoms with van der Waals surface area (Å²) in [6, 6.07) is 0. The van der Waals surface area contributed by atoms with Gasteiger partial charge in [-0.3, -0.25) is 25.7 Å². The van der Waals surface area contributed by atoms with Crippen molar-refractivity contribution in [1.82, 2.24) is 9.80 Å².